The summed E-state index contributed by atoms with van der Waals surface area (Å²) in [6.45, 7) is 1.34. The topological polar surface area (TPSA) is 49.8 Å². The second-order valence-electron chi connectivity index (χ2n) is 4.44. The van der Waals surface area contributed by atoms with Gasteiger partial charge in [0.05, 0.1) is 12.7 Å². The Morgan fingerprint density at radius 1 is 1.61 bits per heavy atom. The molecular weight excluding hydrogens is 254 g/mol. The molecule has 98 valence electrons. The molecule has 1 atom stereocenters. The van der Waals surface area contributed by atoms with Gasteiger partial charge in [-0.3, -0.25) is 4.79 Å². The van der Waals surface area contributed by atoms with Crippen LogP contribution in [0.2, 0.25) is 0 Å². The molecule has 0 spiro atoms. The summed E-state index contributed by atoms with van der Waals surface area (Å²) in [4.78, 5) is 14.0. The predicted octanol–water partition coefficient (Wildman–Crippen LogP) is 2.10. The molecule has 0 saturated carbocycles. The average Bonchev–Trinajstić information content (AvgIpc) is 2.87. The SMILES string of the molecule is COc1ccc(O)c(C(=O)N2CCC(CCl)C2)c1. The van der Waals surface area contributed by atoms with E-state index >= 15 is 0 Å². The number of methoxy groups -OCH3 is 1. The maximum atomic E-state index is 12.3. The lowest BCUT2D eigenvalue weighted by molar-refractivity contribution is 0.0785. The van der Waals surface area contributed by atoms with Crippen molar-refractivity contribution in [2.75, 3.05) is 26.1 Å². The fourth-order valence-corrected chi connectivity index (χ4v) is 2.38. The summed E-state index contributed by atoms with van der Waals surface area (Å²) >= 11 is 5.80. The van der Waals surface area contributed by atoms with Crippen LogP contribution in [0.5, 0.6) is 11.5 Å². The van der Waals surface area contributed by atoms with Crippen molar-refractivity contribution >= 4 is 17.5 Å². The van der Waals surface area contributed by atoms with Crippen molar-refractivity contribution in [1.82, 2.24) is 4.90 Å². The average molecular weight is 270 g/mol. The highest BCUT2D eigenvalue weighted by molar-refractivity contribution is 6.18. The van der Waals surface area contributed by atoms with Gasteiger partial charge in [-0.15, -0.1) is 11.6 Å². The van der Waals surface area contributed by atoms with Crippen LogP contribution in [0.25, 0.3) is 0 Å². The Morgan fingerprint density at radius 2 is 2.39 bits per heavy atom. The molecule has 2 rings (SSSR count). The van der Waals surface area contributed by atoms with E-state index in [4.69, 9.17) is 16.3 Å². The van der Waals surface area contributed by atoms with E-state index in [9.17, 15) is 9.90 Å². The van der Waals surface area contributed by atoms with Gasteiger partial charge < -0.3 is 14.7 Å². The third kappa shape index (κ3) is 2.53. The molecule has 1 unspecified atom stereocenters. The Morgan fingerprint density at radius 3 is 3.00 bits per heavy atom. The summed E-state index contributed by atoms with van der Waals surface area (Å²) in [5.74, 6) is 1.29. The van der Waals surface area contributed by atoms with Crippen LogP contribution in [0, 0.1) is 5.92 Å². The van der Waals surface area contributed by atoms with Gasteiger partial charge >= 0.3 is 0 Å². The smallest absolute Gasteiger partial charge is 0.257 e. The number of hydrogen-bond acceptors (Lipinski definition) is 3. The minimum absolute atomic E-state index is 0.0184. The first-order chi connectivity index (χ1) is 8.65. The summed E-state index contributed by atoms with van der Waals surface area (Å²) < 4.78 is 5.06. The number of likely N-dealkylation sites (tertiary alicyclic amines) is 1. The number of hydrogen-bond donors (Lipinski definition) is 1. The summed E-state index contributed by atoms with van der Waals surface area (Å²) in [5, 5.41) is 9.76. The van der Waals surface area contributed by atoms with Crippen molar-refractivity contribution in [2.45, 2.75) is 6.42 Å². The first-order valence-electron chi connectivity index (χ1n) is 5.88. The van der Waals surface area contributed by atoms with E-state index in [2.05, 4.69) is 0 Å². The van der Waals surface area contributed by atoms with Crippen LogP contribution in [0.1, 0.15) is 16.8 Å². The maximum absolute atomic E-state index is 12.3. The molecule has 1 saturated heterocycles. The fraction of sp³-hybridized carbons (Fsp3) is 0.462. The number of amides is 1. The van der Waals surface area contributed by atoms with Crippen LogP contribution in [0.15, 0.2) is 18.2 Å². The maximum Gasteiger partial charge on any atom is 0.257 e. The lowest BCUT2D eigenvalue weighted by Crippen LogP contribution is -2.29. The fourth-order valence-electron chi connectivity index (χ4n) is 2.13. The molecule has 1 aliphatic heterocycles. The molecule has 1 aliphatic rings. The molecule has 18 heavy (non-hydrogen) atoms. The summed E-state index contributed by atoms with van der Waals surface area (Å²) in [6.07, 6.45) is 0.917. The number of carbonyl (C=O) groups is 1. The van der Waals surface area contributed by atoms with Crippen LogP contribution in [0.4, 0.5) is 0 Å². The standard InChI is InChI=1S/C13H16ClNO3/c1-18-10-2-3-12(16)11(6-10)13(17)15-5-4-9(7-14)8-15/h2-3,6,9,16H,4-5,7-8H2,1H3. The number of nitrogens with zero attached hydrogens (tertiary/aromatic N) is 1. The largest absolute Gasteiger partial charge is 0.507 e. The highest BCUT2D eigenvalue weighted by Crippen LogP contribution is 2.27. The number of ether oxygens (including phenoxy) is 1. The molecular formula is C13H16ClNO3. The van der Waals surface area contributed by atoms with E-state index in [0.29, 0.717) is 30.6 Å². The molecule has 1 fully saturated rings. The zero-order chi connectivity index (χ0) is 13.1. The number of phenolic OH excluding ortho intramolecular Hbond substituents is 1. The van der Waals surface area contributed by atoms with Gasteiger partial charge in [-0.05, 0) is 30.5 Å². The number of alkyl halides is 1. The molecule has 5 heteroatoms. The Labute approximate surface area is 111 Å². The zero-order valence-corrected chi connectivity index (χ0v) is 11.0. The van der Waals surface area contributed by atoms with Crippen LogP contribution < -0.4 is 4.74 Å². The summed E-state index contributed by atoms with van der Waals surface area (Å²) in [6, 6.07) is 4.66. The van der Waals surface area contributed by atoms with Crippen molar-refractivity contribution in [3.8, 4) is 11.5 Å². The number of carbonyl (C=O) groups excluding carboxylic acids is 1. The molecule has 4 nitrogen and oxygen atoms in total. The molecule has 0 aromatic heterocycles. The van der Waals surface area contributed by atoms with Crippen molar-refractivity contribution in [3.63, 3.8) is 0 Å². The second kappa shape index (κ2) is 5.48. The Hall–Kier alpha value is -1.42. The minimum atomic E-state index is -0.168. The summed E-state index contributed by atoms with van der Waals surface area (Å²) in [7, 11) is 1.53. The van der Waals surface area contributed by atoms with Gasteiger partial charge in [-0.25, -0.2) is 0 Å². The lowest BCUT2D eigenvalue weighted by Gasteiger charge is -2.17. The quantitative estimate of drug-likeness (QED) is 0.855. The molecule has 1 amide bonds. The second-order valence-corrected chi connectivity index (χ2v) is 4.75. The number of benzene rings is 1. The van der Waals surface area contributed by atoms with E-state index in [1.165, 1.54) is 13.2 Å². The van der Waals surface area contributed by atoms with Crippen LogP contribution in [0.3, 0.4) is 0 Å². The Balaban J connectivity index is 2.18. The van der Waals surface area contributed by atoms with Crippen molar-refractivity contribution in [1.29, 1.82) is 0 Å². The molecule has 1 N–H and O–H groups in total. The first kappa shape index (κ1) is 13.0. The molecule has 0 bridgehead atoms. The van der Waals surface area contributed by atoms with Crippen LogP contribution in [-0.4, -0.2) is 42.0 Å². The van der Waals surface area contributed by atoms with Crippen molar-refractivity contribution < 1.29 is 14.6 Å². The number of phenols is 1. The van der Waals surface area contributed by atoms with Gasteiger partial charge in [0.15, 0.2) is 0 Å². The third-order valence-corrected chi connectivity index (χ3v) is 3.66. The normalized spacial score (nSPS) is 19.0. The van der Waals surface area contributed by atoms with E-state index in [-0.39, 0.29) is 17.2 Å². The van der Waals surface area contributed by atoms with Gasteiger partial charge in [0.1, 0.15) is 11.5 Å². The molecule has 0 aliphatic carbocycles. The van der Waals surface area contributed by atoms with E-state index < -0.39 is 0 Å². The lowest BCUT2D eigenvalue weighted by atomic mass is 10.1. The molecule has 1 heterocycles. The highest BCUT2D eigenvalue weighted by Gasteiger charge is 2.27. The molecule has 0 radical (unpaired) electrons. The van der Waals surface area contributed by atoms with Crippen molar-refractivity contribution in [2.24, 2.45) is 5.92 Å². The van der Waals surface area contributed by atoms with Crippen LogP contribution >= 0.6 is 11.6 Å². The minimum Gasteiger partial charge on any atom is -0.507 e. The number of halogens is 1. The monoisotopic (exact) mass is 269 g/mol. The van der Waals surface area contributed by atoms with Gasteiger partial charge in [0.25, 0.3) is 5.91 Å². The highest BCUT2D eigenvalue weighted by atomic mass is 35.5. The number of aromatic hydroxyl groups is 1. The predicted molar refractivity (Wildman–Crippen MR) is 69.4 cm³/mol. The third-order valence-electron chi connectivity index (χ3n) is 3.23. The van der Waals surface area contributed by atoms with Gasteiger partial charge in [0, 0.05) is 19.0 Å². The van der Waals surface area contributed by atoms with Crippen LogP contribution in [-0.2, 0) is 0 Å². The van der Waals surface area contributed by atoms with Gasteiger partial charge in [-0.2, -0.15) is 0 Å². The first-order valence-corrected chi connectivity index (χ1v) is 6.41. The molecule has 1 aromatic carbocycles. The van der Waals surface area contributed by atoms with E-state index in [0.717, 1.165) is 6.42 Å². The summed E-state index contributed by atoms with van der Waals surface area (Å²) in [5.41, 5.74) is 0.282. The Bertz CT molecular complexity index is 450. The van der Waals surface area contributed by atoms with E-state index in [1.54, 1.807) is 17.0 Å². The van der Waals surface area contributed by atoms with Crippen molar-refractivity contribution in [3.05, 3.63) is 23.8 Å². The Kier molecular flexibility index (Phi) is 3.97. The number of rotatable bonds is 3. The van der Waals surface area contributed by atoms with Gasteiger partial charge in [0.2, 0.25) is 0 Å². The van der Waals surface area contributed by atoms with Gasteiger partial charge in [-0.1, -0.05) is 0 Å². The zero-order valence-electron chi connectivity index (χ0n) is 10.2. The van der Waals surface area contributed by atoms with E-state index in [1.807, 2.05) is 0 Å². The molecule has 1 aromatic rings.